The van der Waals surface area contributed by atoms with Crippen LogP contribution in [0.5, 0.6) is 0 Å². The van der Waals surface area contributed by atoms with E-state index in [-0.39, 0.29) is 16.6 Å². The number of hydrogen-bond acceptors (Lipinski definition) is 4. The average Bonchev–Trinajstić information content (AvgIpc) is 3.04. The van der Waals surface area contributed by atoms with Crippen LogP contribution < -0.4 is 0 Å². The van der Waals surface area contributed by atoms with E-state index in [9.17, 15) is 8.42 Å². The van der Waals surface area contributed by atoms with Crippen molar-refractivity contribution in [2.75, 3.05) is 13.1 Å². The van der Waals surface area contributed by atoms with Crippen LogP contribution in [-0.4, -0.2) is 45.8 Å². The maximum Gasteiger partial charge on any atom is 0.216 e. The normalized spacial score (nSPS) is 26.1. The Morgan fingerprint density at radius 2 is 1.95 bits per heavy atom. The summed E-state index contributed by atoms with van der Waals surface area (Å²) >= 11 is 0. The molecule has 1 spiro atoms. The molecule has 1 saturated carbocycles. The van der Waals surface area contributed by atoms with Crippen molar-refractivity contribution >= 4 is 10.0 Å². The van der Waals surface area contributed by atoms with Crippen molar-refractivity contribution in [1.82, 2.24) is 19.1 Å². The second-order valence-corrected chi connectivity index (χ2v) is 9.65. The van der Waals surface area contributed by atoms with Crippen LogP contribution in [0, 0.1) is 5.41 Å². The molecule has 1 aromatic heterocycles. The second kappa shape index (κ2) is 5.60. The Morgan fingerprint density at radius 3 is 2.50 bits per heavy atom. The first-order chi connectivity index (χ1) is 10.4. The molecule has 6 nitrogen and oxygen atoms in total. The van der Waals surface area contributed by atoms with E-state index in [1.165, 1.54) is 19.3 Å². The van der Waals surface area contributed by atoms with E-state index in [2.05, 4.69) is 10.2 Å². The molecule has 2 fully saturated rings. The molecule has 2 aliphatic rings. The fraction of sp³-hybridized carbons (Fsp3) is 0.867. The van der Waals surface area contributed by atoms with Crippen LogP contribution >= 0.6 is 0 Å². The minimum Gasteiger partial charge on any atom is -0.320 e. The Balaban J connectivity index is 1.98. The molecule has 22 heavy (non-hydrogen) atoms. The first-order valence-electron chi connectivity index (χ1n) is 8.20. The van der Waals surface area contributed by atoms with E-state index in [0.29, 0.717) is 13.1 Å². The van der Waals surface area contributed by atoms with Crippen molar-refractivity contribution in [2.45, 2.75) is 57.1 Å². The quantitative estimate of drug-likeness (QED) is 0.851. The lowest BCUT2D eigenvalue weighted by Gasteiger charge is -2.37. The predicted octanol–water partition coefficient (Wildman–Crippen LogP) is 1.90. The molecule has 3 rings (SSSR count). The van der Waals surface area contributed by atoms with E-state index >= 15 is 0 Å². The van der Waals surface area contributed by atoms with Gasteiger partial charge in [0.2, 0.25) is 10.0 Å². The summed E-state index contributed by atoms with van der Waals surface area (Å²) in [5, 5.41) is 7.94. The van der Waals surface area contributed by atoms with Crippen LogP contribution in [0.3, 0.4) is 0 Å². The third kappa shape index (κ3) is 2.48. The van der Waals surface area contributed by atoms with Crippen LogP contribution in [0.1, 0.15) is 57.7 Å². The van der Waals surface area contributed by atoms with Crippen LogP contribution in [0.15, 0.2) is 6.33 Å². The second-order valence-electron chi connectivity index (χ2n) is 7.16. The van der Waals surface area contributed by atoms with Gasteiger partial charge in [-0.1, -0.05) is 19.3 Å². The van der Waals surface area contributed by atoms with E-state index in [4.69, 9.17) is 0 Å². The van der Waals surface area contributed by atoms with Gasteiger partial charge in [-0.05, 0) is 32.1 Å². The molecule has 1 aliphatic heterocycles. The van der Waals surface area contributed by atoms with Gasteiger partial charge in [0.05, 0.1) is 5.25 Å². The highest BCUT2D eigenvalue weighted by molar-refractivity contribution is 7.89. The molecule has 2 heterocycles. The van der Waals surface area contributed by atoms with Gasteiger partial charge >= 0.3 is 0 Å². The zero-order valence-corrected chi connectivity index (χ0v) is 14.5. The van der Waals surface area contributed by atoms with E-state index in [1.807, 2.05) is 11.6 Å². The van der Waals surface area contributed by atoms with Crippen molar-refractivity contribution in [3.63, 3.8) is 0 Å². The van der Waals surface area contributed by atoms with Gasteiger partial charge in [-0.25, -0.2) is 12.7 Å². The van der Waals surface area contributed by atoms with Crippen molar-refractivity contribution in [1.29, 1.82) is 0 Å². The molecule has 124 valence electrons. The lowest BCUT2D eigenvalue weighted by atomic mass is 9.67. The third-order valence-electron chi connectivity index (χ3n) is 5.48. The smallest absolute Gasteiger partial charge is 0.216 e. The average molecular weight is 326 g/mol. The highest BCUT2D eigenvalue weighted by Crippen LogP contribution is 2.52. The monoisotopic (exact) mass is 326 g/mol. The van der Waals surface area contributed by atoms with Gasteiger partial charge in [0.1, 0.15) is 12.2 Å². The molecular weight excluding hydrogens is 300 g/mol. The summed E-state index contributed by atoms with van der Waals surface area (Å²) < 4.78 is 28.9. The molecule has 0 radical (unpaired) electrons. The molecule has 1 aliphatic carbocycles. The number of aromatic nitrogens is 3. The number of rotatable bonds is 3. The molecule has 1 atom stereocenters. The molecule has 0 aromatic carbocycles. The molecule has 0 N–H and O–H groups in total. The predicted molar refractivity (Wildman–Crippen MR) is 84.9 cm³/mol. The Morgan fingerprint density at radius 1 is 1.27 bits per heavy atom. The summed E-state index contributed by atoms with van der Waals surface area (Å²) in [4.78, 5) is 0. The summed E-state index contributed by atoms with van der Waals surface area (Å²) in [7, 11) is -1.26. The van der Waals surface area contributed by atoms with Gasteiger partial charge in [0.25, 0.3) is 0 Å². The van der Waals surface area contributed by atoms with Gasteiger partial charge in [-0.15, -0.1) is 10.2 Å². The minimum atomic E-state index is -3.21. The van der Waals surface area contributed by atoms with Gasteiger partial charge in [-0.3, -0.25) is 0 Å². The standard InChI is InChI=1S/C15H26N4O2S/c1-12(2)22(20,21)19-9-13(14-17-16-11-18(14)3)15(10-19)7-5-4-6-8-15/h11-13H,4-10H2,1-3H3. The molecule has 1 aromatic rings. The molecule has 1 unspecified atom stereocenters. The Kier molecular flexibility index (Phi) is 4.05. The summed E-state index contributed by atoms with van der Waals surface area (Å²) in [6.45, 7) is 4.72. The summed E-state index contributed by atoms with van der Waals surface area (Å²) in [6, 6.07) is 0. The van der Waals surface area contributed by atoms with Gasteiger partial charge in [0.15, 0.2) is 0 Å². The molecule has 1 saturated heterocycles. The highest BCUT2D eigenvalue weighted by Gasteiger charge is 2.52. The maximum absolute atomic E-state index is 12.6. The summed E-state index contributed by atoms with van der Waals surface area (Å²) in [5.74, 6) is 1.09. The summed E-state index contributed by atoms with van der Waals surface area (Å²) in [6.07, 6.45) is 7.52. The van der Waals surface area contributed by atoms with Gasteiger partial charge < -0.3 is 4.57 Å². The highest BCUT2D eigenvalue weighted by atomic mass is 32.2. The lowest BCUT2D eigenvalue weighted by molar-refractivity contribution is 0.177. The zero-order valence-electron chi connectivity index (χ0n) is 13.7. The first-order valence-corrected chi connectivity index (χ1v) is 9.70. The van der Waals surface area contributed by atoms with E-state index < -0.39 is 10.0 Å². The van der Waals surface area contributed by atoms with Crippen LogP contribution in [0.25, 0.3) is 0 Å². The largest absolute Gasteiger partial charge is 0.320 e. The fourth-order valence-electron chi connectivity index (χ4n) is 4.14. The molecular formula is C15H26N4O2S. The molecule has 0 bridgehead atoms. The molecule has 0 amide bonds. The number of nitrogens with zero attached hydrogens (tertiary/aromatic N) is 4. The van der Waals surface area contributed by atoms with Crippen molar-refractivity contribution < 1.29 is 8.42 Å². The first kappa shape index (κ1) is 15.9. The Hall–Kier alpha value is -0.950. The molecule has 7 heteroatoms. The van der Waals surface area contributed by atoms with E-state index in [1.54, 1.807) is 24.5 Å². The van der Waals surface area contributed by atoms with Crippen molar-refractivity contribution in [3.8, 4) is 0 Å². The van der Waals surface area contributed by atoms with Crippen molar-refractivity contribution in [3.05, 3.63) is 12.2 Å². The van der Waals surface area contributed by atoms with Crippen molar-refractivity contribution in [2.24, 2.45) is 12.5 Å². The third-order valence-corrected chi connectivity index (χ3v) is 7.67. The Labute approximate surface area is 133 Å². The Bertz CT molecular complexity index is 632. The zero-order chi connectivity index (χ0) is 16.0. The lowest BCUT2D eigenvalue weighted by Crippen LogP contribution is -2.37. The number of hydrogen-bond donors (Lipinski definition) is 0. The summed E-state index contributed by atoms with van der Waals surface area (Å²) in [5.41, 5.74) is 0.0427. The van der Waals surface area contributed by atoms with Crippen LogP contribution in [0.4, 0.5) is 0 Å². The van der Waals surface area contributed by atoms with Gasteiger partial charge in [0, 0.05) is 26.1 Å². The van der Waals surface area contributed by atoms with Gasteiger partial charge in [-0.2, -0.15) is 0 Å². The van der Waals surface area contributed by atoms with Crippen LogP contribution in [0.2, 0.25) is 0 Å². The number of sulfonamides is 1. The minimum absolute atomic E-state index is 0.0427. The topological polar surface area (TPSA) is 68.1 Å². The maximum atomic E-state index is 12.6. The fourth-order valence-corrected chi connectivity index (χ4v) is 5.53. The van der Waals surface area contributed by atoms with Crippen LogP contribution in [-0.2, 0) is 17.1 Å². The number of aryl methyl sites for hydroxylation is 1. The van der Waals surface area contributed by atoms with E-state index in [0.717, 1.165) is 18.7 Å². The SMILES string of the molecule is CC(C)S(=O)(=O)N1CC(c2nncn2C)C2(CCCCC2)C1.